The van der Waals surface area contributed by atoms with Crippen LogP contribution >= 0.6 is 23.2 Å². The Morgan fingerprint density at radius 3 is 2.35 bits per heavy atom. The number of carbonyl (C=O) groups is 1. The number of rotatable bonds is 5. The number of benzene rings is 2. The van der Waals surface area contributed by atoms with Crippen molar-refractivity contribution in [3.8, 4) is 0 Å². The molecule has 0 aromatic heterocycles. The van der Waals surface area contributed by atoms with Crippen LogP contribution < -0.4 is 0 Å². The zero-order chi connectivity index (χ0) is 23.7. The summed E-state index contributed by atoms with van der Waals surface area (Å²) in [5.41, 5.74) is 1.94. The van der Waals surface area contributed by atoms with Crippen molar-refractivity contribution >= 4 is 29.1 Å². The maximum atomic E-state index is 13.6. The van der Waals surface area contributed by atoms with Gasteiger partial charge in [0.1, 0.15) is 5.82 Å². The van der Waals surface area contributed by atoms with Crippen LogP contribution in [0.3, 0.4) is 0 Å². The monoisotopic (exact) mass is 505 g/mol. The number of hydrogen-bond acceptors (Lipinski definition) is 4. The lowest BCUT2D eigenvalue weighted by molar-refractivity contribution is -0.153. The SMILES string of the molecule is O=C(Cc1ccc(Cl)c(Cl)c1)N1CCN(Cc2ccc(F)cc2)[C@@H]2COC[C@H](N3CCCC3)[C@H]21. The molecule has 5 nitrogen and oxygen atoms in total. The fourth-order valence-corrected chi connectivity index (χ4v) is 6.00. The van der Waals surface area contributed by atoms with Crippen molar-refractivity contribution < 1.29 is 13.9 Å². The molecule has 3 heterocycles. The highest BCUT2D eigenvalue weighted by Gasteiger charge is 2.47. The van der Waals surface area contributed by atoms with E-state index in [2.05, 4.69) is 14.7 Å². The molecule has 2 aromatic carbocycles. The molecule has 3 aliphatic rings. The van der Waals surface area contributed by atoms with E-state index in [1.54, 1.807) is 12.1 Å². The van der Waals surface area contributed by atoms with Gasteiger partial charge in [0, 0.05) is 19.6 Å². The minimum absolute atomic E-state index is 0.0521. The van der Waals surface area contributed by atoms with Crippen molar-refractivity contribution in [3.05, 3.63) is 69.5 Å². The first-order valence-electron chi connectivity index (χ1n) is 12.0. The van der Waals surface area contributed by atoms with Gasteiger partial charge in [-0.15, -0.1) is 0 Å². The van der Waals surface area contributed by atoms with E-state index in [9.17, 15) is 9.18 Å². The normalized spacial score (nSPS) is 26.0. The average molecular weight is 506 g/mol. The molecule has 0 spiro atoms. The second-order valence-electron chi connectivity index (χ2n) is 9.52. The number of nitrogens with zero attached hydrogens (tertiary/aromatic N) is 3. The summed E-state index contributed by atoms with van der Waals surface area (Å²) in [7, 11) is 0. The molecular formula is C26H30Cl2FN3O2. The molecule has 5 rings (SSSR count). The van der Waals surface area contributed by atoms with Crippen LogP contribution in [0.1, 0.15) is 24.0 Å². The maximum absolute atomic E-state index is 13.6. The molecule has 182 valence electrons. The Morgan fingerprint density at radius 1 is 0.912 bits per heavy atom. The van der Waals surface area contributed by atoms with Crippen LogP contribution in [0.25, 0.3) is 0 Å². The Balaban J connectivity index is 1.39. The highest BCUT2D eigenvalue weighted by Crippen LogP contribution is 2.31. The van der Waals surface area contributed by atoms with Crippen LogP contribution in [-0.4, -0.2) is 78.1 Å². The summed E-state index contributed by atoms with van der Waals surface area (Å²) in [6.07, 6.45) is 2.67. The van der Waals surface area contributed by atoms with Crippen molar-refractivity contribution in [2.24, 2.45) is 0 Å². The molecule has 3 fully saturated rings. The Kier molecular flexibility index (Phi) is 7.42. The Hall–Kier alpha value is -1.70. The van der Waals surface area contributed by atoms with E-state index >= 15 is 0 Å². The number of amides is 1. The molecule has 0 N–H and O–H groups in total. The predicted molar refractivity (Wildman–Crippen MR) is 132 cm³/mol. The number of hydrogen-bond donors (Lipinski definition) is 0. The Morgan fingerprint density at radius 2 is 1.62 bits per heavy atom. The van der Waals surface area contributed by atoms with Gasteiger partial charge in [-0.2, -0.15) is 0 Å². The number of likely N-dealkylation sites (tertiary alicyclic amines) is 1. The smallest absolute Gasteiger partial charge is 0.227 e. The van der Waals surface area contributed by atoms with Crippen molar-refractivity contribution in [2.75, 3.05) is 39.4 Å². The Bertz CT molecular complexity index is 1020. The minimum atomic E-state index is -0.227. The van der Waals surface area contributed by atoms with Gasteiger partial charge in [-0.25, -0.2) is 4.39 Å². The zero-order valence-electron chi connectivity index (χ0n) is 19.1. The fourth-order valence-electron chi connectivity index (χ4n) is 5.68. The maximum Gasteiger partial charge on any atom is 0.227 e. The predicted octanol–water partition coefficient (Wildman–Crippen LogP) is 4.25. The number of piperazine rings is 1. The van der Waals surface area contributed by atoms with Gasteiger partial charge in [-0.3, -0.25) is 14.6 Å². The first-order chi connectivity index (χ1) is 16.5. The molecule has 0 bridgehead atoms. The summed E-state index contributed by atoms with van der Waals surface area (Å²) in [6, 6.07) is 12.4. The lowest BCUT2D eigenvalue weighted by Gasteiger charge is -2.54. The molecule has 1 amide bonds. The summed E-state index contributed by atoms with van der Waals surface area (Å²) in [5, 5.41) is 0.959. The zero-order valence-corrected chi connectivity index (χ0v) is 20.6. The molecule has 2 aromatic rings. The number of carbonyl (C=O) groups excluding carboxylic acids is 1. The molecule has 0 aliphatic carbocycles. The molecule has 8 heteroatoms. The van der Waals surface area contributed by atoms with Gasteiger partial charge in [-0.05, 0) is 61.3 Å². The third-order valence-corrected chi connectivity index (χ3v) is 8.13. The standard InChI is InChI=1S/C26H30Cl2FN3O2/c27-21-8-5-19(13-22(21)28)14-25(33)32-12-11-31(15-18-3-6-20(29)7-4-18)24-17-34-16-23(26(24)32)30-9-1-2-10-30/h3-8,13,23-24,26H,1-2,9-12,14-17H2/t23-,24+,26+/m0/s1. The first-order valence-corrected chi connectivity index (χ1v) is 12.8. The van der Waals surface area contributed by atoms with E-state index in [1.165, 1.54) is 25.0 Å². The topological polar surface area (TPSA) is 36.0 Å². The Labute approximate surface area is 210 Å². The van der Waals surface area contributed by atoms with Crippen LogP contribution in [-0.2, 0) is 22.5 Å². The average Bonchev–Trinajstić information content (AvgIpc) is 3.37. The van der Waals surface area contributed by atoms with E-state index in [1.807, 2.05) is 18.2 Å². The van der Waals surface area contributed by atoms with E-state index in [4.69, 9.17) is 27.9 Å². The van der Waals surface area contributed by atoms with E-state index in [0.717, 1.165) is 30.8 Å². The molecule has 3 aliphatic heterocycles. The summed E-state index contributed by atoms with van der Waals surface area (Å²) in [4.78, 5) is 20.6. The molecule has 3 atom stereocenters. The van der Waals surface area contributed by atoms with Crippen molar-refractivity contribution in [1.82, 2.24) is 14.7 Å². The van der Waals surface area contributed by atoms with Gasteiger partial charge in [-0.1, -0.05) is 41.4 Å². The second-order valence-corrected chi connectivity index (χ2v) is 10.3. The van der Waals surface area contributed by atoms with Crippen molar-refractivity contribution in [3.63, 3.8) is 0 Å². The van der Waals surface area contributed by atoms with Gasteiger partial charge in [0.25, 0.3) is 0 Å². The number of halogens is 3. The van der Waals surface area contributed by atoms with E-state index in [0.29, 0.717) is 42.8 Å². The van der Waals surface area contributed by atoms with Gasteiger partial charge in [0.05, 0.1) is 47.8 Å². The van der Waals surface area contributed by atoms with Gasteiger partial charge < -0.3 is 9.64 Å². The largest absolute Gasteiger partial charge is 0.378 e. The summed E-state index contributed by atoms with van der Waals surface area (Å²) >= 11 is 12.3. The van der Waals surface area contributed by atoms with Gasteiger partial charge >= 0.3 is 0 Å². The first kappa shape index (κ1) is 24.0. The van der Waals surface area contributed by atoms with Gasteiger partial charge in [0.2, 0.25) is 5.91 Å². The van der Waals surface area contributed by atoms with Gasteiger partial charge in [0.15, 0.2) is 0 Å². The lowest BCUT2D eigenvalue weighted by Crippen LogP contribution is -2.71. The second kappa shape index (κ2) is 10.5. The fraction of sp³-hybridized carbons (Fsp3) is 0.500. The number of ether oxygens (including phenoxy) is 1. The number of fused-ring (bicyclic) bond motifs is 1. The minimum Gasteiger partial charge on any atom is -0.378 e. The van der Waals surface area contributed by atoms with Crippen LogP contribution in [0.5, 0.6) is 0 Å². The quantitative estimate of drug-likeness (QED) is 0.608. The highest BCUT2D eigenvalue weighted by atomic mass is 35.5. The van der Waals surface area contributed by atoms with Crippen LogP contribution in [0, 0.1) is 5.82 Å². The molecule has 0 radical (unpaired) electrons. The molecule has 34 heavy (non-hydrogen) atoms. The van der Waals surface area contributed by atoms with Crippen LogP contribution in [0.4, 0.5) is 4.39 Å². The molecule has 0 saturated carbocycles. The van der Waals surface area contributed by atoms with E-state index in [-0.39, 0.29) is 29.8 Å². The van der Waals surface area contributed by atoms with E-state index < -0.39 is 0 Å². The van der Waals surface area contributed by atoms with Crippen LogP contribution in [0.2, 0.25) is 10.0 Å². The molecule has 0 unspecified atom stereocenters. The van der Waals surface area contributed by atoms with Crippen molar-refractivity contribution in [1.29, 1.82) is 0 Å². The molecular weight excluding hydrogens is 476 g/mol. The summed E-state index contributed by atoms with van der Waals surface area (Å²) in [5.74, 6) is -0.115. The lowest BCUT2D eigenvalue weighted by atomic mass is 9.90. The molecule has 3 saturated heterocycles. The highest BCUT2D eigenvalue weighted by molar-refractivity contribution is 6.42. The summed E-state index contributed by atoms with van der Waals surface area (Å²) in [6.45, 7) is 5.45. The van der Waals surface area contributed by atoms with Crippen LogP contribution in [0.15, 0.2) is 42.5 Å². The third kappa shape index (κ3) is 5.12. The summed E-state index contributed by atoms with van der Waals surface area (Å²) < 4.78 is 19.5. The third-order valence-electron chi connectivity index (χ3n) is 7.39. The van der Waals surface area contributed by atoms with Crippen molar-refractivity contribution in [2.45, 2.75) is 43.9 Å².